The molecule has 0 spiro atoms. The average molecular weight is 271 g/mol. The van der Waals surface area contributed by atoms with Crippen molar-refractivity contribution in [3.8, 4) is 0 Å². The molecule has 19 heavy (non-hydrogen) atoms. The predicted octanol–water partition coefficient (Wildman–Crippen LogP) is 2.80. The molecule has 0 saturated carbocycles. The maximum Gasteiger partial charge on any atom is 0.222 e. The molecule has 0 aromatic carbocycles. The molecule has 1 amide bonds. The van der Waals surface area contributed by atoms with Crippen LogP contribution in [0.25, 0.3) is 0 Å². The van der Waals surface area contributed by atoms with Crippen molar-refractivity contribution >= 4 is 11.7 Å². The number of carbonyl (C=O) groups excluding carboxylic acids is 2. The molecular formula is C15H29NO3. The quantitative estimate of drug-likeness (QED) is 0.543. The molecule has 1 atom stereocenters. The van der Waals surface area contributed by atoms with Crippen LogP contribution in [0.2, 0.25) is 0 Å². The van der Waals surface area contributed by atoms with Crippen molar-refractivity contribution in [2.45, 2.75) is 65.9 Å². The third-order valence-corrected chi connectivity index (χ3v) is 3.20. The number of rotatable bonds is 11. The monoisotopic (exact) mass is 271 g/mol. The van der Waals surface area contributed by atoms with Gasteiger partial charge in [-0.2, -0.15) is 0 Å². The molecule has 1 unspecified atom stereocenters. The van der Waals surface area contributed by atoms with Gasteiger partial charge >= 0.3 is 0 Å². The number of Topliss-reactive ketones (excluding diaryl/α,β-unsaturated/α-hetero) is 1. The molecule has 4 nitrogen and oxygen atoms in total. The third kappa shape index (κ3) is 8.76. The molecule has 0 rings (SSSR count). The number of ketones is 1. The van der Waals surface area contributed by atoms with E-state index in [9.17, 15) is 9.59 Å². The Morgan fingerprint density at radius 2 is 1.84 bits per heavy atom. The van der Waals surface area contributed by atoms with Crippen LogP contribution in [-0.4, -0.2) is 42.4 Å². The highest BCUT2D eigenvalue weighted by Gasteiger charge is 2.10. The lowest BCUT2D eigenvalue weighted by Gasteiger charge is -2.19. The largest absolute Gasteiger partial charge is 0.371 e. The molecule has 0 heterocycles. The summed E-state index contributed by atoms with van der Waals surface area (Å²) in [5, 5.41) is 0. The molecule has 0 aliphatic rings. The maximum atomic E-state index is 11.8. The van der Waals surface area contributed by atoms with Crippen LogP contribution >= 0.6 is 0 Å². The van der Waals surface area contributed by atoms with E-state index in [4.69, 9.17) is 4.74 Å². The molecule has 112 valence electrons. The Kier molecular flexibility index (Phi) is 10.5. The second-order valence-corrected chi connectivity index (χ2v) is 4.91. The number of amides is 1. The predicted molar refractivity (Wildman–Crippen MR) is 77.1 cm³/mol. The zero-order chi connectivity index (χ0) is 14.7. The average Bonchev–Trinajstić information content (AvgIpc) is 2.39. The molecule has 4 heteroatoms. The SMILES string of the molecule is CCCN(CC)C(=O)CCCCCOC(C)C(C)=O. The van der Waals surface area contributed by atoms with Gasteiger partial charge in [0.2, 0.25) is 5.91 Å². The fourth-order valence-corrected chi connectivity index (χ4v) is 1.82. The Hall–Kier alpha value is -0.900. The van der Waals surface area contributed by atoms with Gasteiger partial charge in [0.1, 0.15) is 6.10 Å². The van der Waals surface area contributed by atoms with Crippen LogP contribution in [0.1, 0.15) is 59.8 Å². The summed E-state index contributed by atoms with van der Waals surface area (Å²) in [6.45, 7) is 9.67. The lowest BCUT2D eigenvalue weighted by Crippen LogP contribution is -2.31. The molecule has 0 saturated heterocycles. The minimum atomic E-state index is -0.304. The van der Waals surface area contributed by atoms with E-state index in [0.717, 1.165) is 38.8 Å². The standard InChI is InChI=1S/C15H29NO3/c1-5-11-16(6-2)15(18)10-8-7-9-12-19-14(4)13(3)17/h14H,5-12H2,1-4H3. The maximum absolute atomic E-state index is 11.8. The van der Waals surface area contributed by atoms with Crippen LogP contribution in [0.3, 0.4) is 0 Å². The van der Waals surface area contributed by atoms with E-state index in [1.165, 1.54) is 6.92 Å². The Morgan fingerprint density at radius 3 is 2.37 bits per heavy atom. The summed E-state index contributed by atoms with van der Waals surface area (Å²) in [5.74, 6) is 0.315. The third-order valence-electron chi connectivity index (χ3n) is 3.20. The molecular weight excluding hydrogens is 242 g/mol. The van der Waals surface area contributed by atoms with Crippen molar-refractivity contribution < 1.29 is 14.3 Å². The number of unbranched alkanes of at least 4 members (excludes halogenated alkanes) is 2. The van der Waals surface area contributed by atoms with Crippen LogP contribution in [0.5, 0.6) is 0 Å². The zero-order valence-electron chi connectivity index (χ0n) is 12.9. The van der Waals surface area contributed by atoms with E-state index in [1.54, 1.807) is 6.92 Å². The van der Waals surface area contributed by atoms with E-state index >= 15 is 0 Å². The summed E-state index contributed by atoms with van der Waals surface area (Å²) in [4.78, 5) is 24.7. The number of carbonyl (C=O) groups is 2. The summed E-state index contributed by atoms with van der Waals surface area (Å²) < 4.78 is 5.37. The fraction of sp³-hybridized carbons (Fsp3) is 0.867. The summed E-state index contributed by atoms with van der Waals surface area (Å²) in [5.41, 5.74) is 0. The van der Waals surface area contributed by atoms with Crippen LogP contribution in [-0.2, 0) is 14.3 Å². The first-order chi connectivity index (χ1) is 9.02. The van der Waals surface area contributed by atoms with E-state index in [1.807, 2.05) is 11.8 Å². The van der Waals surface area contributed by atoms with E-state index < -0.39 is 0 Å². The van der Waals surface area contributed by atoms with E-state index in [0.29, 0.717) is 13.0 Å². The molecule has 0 aromatic heterocycles. The zero-order valence-corrected chi connectivity index (χ0v) is 12.9. The van der Waals surface area contributed by atoms with Crippen LogP contribution in [0.15, 0.2) is 0 Å². The molecule has 0 radical (unpaired) electrons. The lowest BCUT2D eigenvalue weighted by atomic mass is 10.2. The van der Waals surface area contributed by atoms with Crippen molar-refractivity contribution in [1.29, 1.82) is 0 Å². The van der Waals surface area contributed by atoms with E-state index in [2.05, 4.69) is 6.92 Å². The molecule has 0 aliphatic carbocycles. The van der Waals surface area contributed by atoms with Crippen molar-refractivity contribution in [1.82, 2.24) is 4.90 Å². The van der Waals surface area contributed by atoms with E-state index in [-0.39, 0.29) is 17.8 Å². The van der Waals surface area contributed by atoms with Crippen molar-refractivity contribution in [2.24, 2.45) is 0 Å². The molecule has 0 N–H and O–H groups in total. The fourth-order valence-electron chi connectivity index (χ4n) is 1.82. The van der Waals surface area contributed by atoms with Gasteiger partial charge in [-0.15, -0.1) is 0 Å². The highest BCUT2D eigenvalue weighted by Crippen LogP contribution is 2.05. The van der Waals surface area contributed by atoms with Gasteiger partial charge in [-0.25, -0.2) is 0 Å². The Labute approximate surface area is 117 Å². The van der Waals surface area contributed by atoms with Gasteiger partial charge in [-0.3, -0.25) is 9.59 Å². The van der Waals surface area contributed by atoms with Gasteiger partial charge in [0.25, 0.3) is 0 Å². The van der Waals surface area contributed by atoms with Gasteiger partial charge in [0.05, 0.1) is 0 Å². The first kappa shape index (κ1) is 18.1. The molecule has 0 fully saturated rings. The number of hydrogen-bond acceptors (Lipinski definition) is 3. The van der Waals surface area contributed by atoms with Crippen molar-refractivity contribution in [3.63, 3.8) is 0 Å². The molecule has 0 aromatic rings. The second-order valence-electron chi connectivity index (χ2n) is 4.91. The summed E-state index contributed by atoms with van der Waals surface area (Å²) >= 11 is 0. The van der Waals surface area contributed by atoms with Gasteiger partial charge in [0, 0.05) is 26.1 Å². The minimum Gasteiger partial charge on any atom is -0.371 e. The van der Waals surface area contributed by atoms with Gasteiger partial charge in [-0.1, -0.05) is 13.3 Å². The Bertz CT molecular complexity index is 266. The summed E-state index contributed by atoms with van der Waals surface area (Å²) in [6, 6.07) is 0. The lowest BCUT2D eigenvalue weighted by molar-refractivity contribution is -0.131. The molecule has 0 bridgehead atoms. The van der Waals surface area contributed by atoms with Crippen molar-refractivity contribution in [2.75, 3.05) is 19.7 Å². The van der Waals surface area contributed by atoms with Crippen molar-refractivity contribution in [3.05, 3.63) is 0 Å². The second kappa shape index (κ2) is 11.0. The topological polar surface area (TPSA) is 46.6 Å². The Morgan fingerprint density at radius 1 is 1.16 bits per heavy atom. The minimum absolute atomic E-state index is 0.0633. The van der Waals surface area contributed by atoms with Gasteiger partial charge < -0.3 is 9.64 Å². The first-order valence-corrected chi connectivity index (χ1v) is 7.42. The number of ether oxygens (including phenoxy) is 1. The highest BCUT2D eigenvalue weighted by molar-refractivity contribution is 5.79. The molecule has 0 aliphatic heterocycles. The van der Waals surface area contributed by atoms with Crippen LogP contribution in [0, 0.1) is 0 Å². The first-order valence-electron chi connectivity index (χ1n) is 7.42. The number of hydrogen-bond donors (Lipinski definition) is 0. The van der Waals surface area contributed by atoms with Gasteiger partial charge in [-0.05, 0) is 40.0 Å². The van der Waals surface area contributed by atoms with Crippen LogP contribution < -0.4 is 0 Å². The van der Waals surface area contributed by atoms with Gasteiger partial charge in [0.15, 0.2) is 5.78 Å². The normalized spacial score (nSPS) is 12.2. The highest BCUT2D eigenvalue weighted by atomic mass is 16.5. The van der Waals surface area contributed by atoms with Crippen LogP contribution in [0.4, 0.5) is 0 Å². The smallest absolute Gasteiger partial charge is 0.222 e. The number of nitrogens with zero attached hydrogens (tertiary/aromatic N) is 1. The Balaban J connectivity index is 3.58. The summed E-state index contributed by atoms with van der Waals surface area (Å²) in [7, 11) is 0. The summed E-state index contributed by atoms with van der Waals surface area (Å²) in [6.07, 6.45) is 4.11.